The zero-order chi connectivity index (χ0) is 27.5. The number of benzene rings is 1. The van der Waals surface area contributed by atoms with Crippen LogP contribution in [0.2, 0.25) is 0 Å². The predicted octanol–water partition coefficient (Wildman–Crippen LogP) is 4.23. The van der Waals surface area contributed by atoms with Crippen LogP contribution in [0.15, 0.2) is 36.5 Å². The molecule has 2 saturated heterocycles. The van der Waals surface area contributed by atoms with E-state index in [1.54, 1.807) is 24.4 Å². The van der Waals surface area contributed by atoms with Crippen LogP contribution < -0.4 is 10.6 Å². The van der Waals surface area contributed by atoms with E-state index in [0.717, 1.165) is 19.4 Å². The number of anilines is 1. The minimum Gasteiger partial charge on any atom is -0.376 e. The molecule has 40 heavy (non-hydrogen) atoms. The summed E-state index contributed by atoms with van der Waals surface area (Å²) in [6, 6.07) is 7.92. The lowest BCUT2D eigenvalue weighted by atomic mass is 9.85. The van der Waals surface area contributed by atoms with E-state index in [-0.39, 0.29) is 31.0 Å². The molecule has 6 rings (SSSR count). The minimum atomic E-state index is -0.789. The summed E-state index contributed by atoms with van der Waals surface area (Å²) in [6.07, 6.45) is 6.04. The van der Waals surface area contributed by atoms with Gasteiger partial charge in [-0.3, -0.25) is 4.79 Å². The average Bonchev–Trinajstić information content (AvgIpc) is 3.47. The highest BCUT2D eigenvalue weighted by Crippen LogP contribution is 2.37. The molecule has 1 aromatic carbocycles. The molecule has 1 aliphatic carbocycles. The molecule has 0 radical (unpaired) electrons. The Hall–Kier alpha value is -3.41. The molecular formula is C29H35FN6O4. The highest BCUT2D eigenvalue weighted by Gasteiger charge is 2.43. The number of halogens is 1. The summed E-state index contributed by atoms with van der Waals surface area (Å²) in [7, 11) is 0. The number of aromatic amines is 1. The van der Waals surface area contributed by atoms with Gasteiger partial charge in [0.15, 0.2) is 5.82 Å². The molecule has 2 aromatic heterocycles. The summed E-state index contributed by atoms with van der Waals surface area (Å²) < 4.78 is 31.6. The predicted molar refractivity (Wildman–Crippen MR) is 146 cm³/mol. The van der Waals surface area contributed by atoms with Crippen LogP contribution in [0.4, 0.5) is 10.3 Å². The summed E-state index contributed by atoms with van der Waals surface area (Å²) in [5.41, 5.74) is 1.80. The van der Waals surface area contributed by atoms with Gasteiger partial charge in [0.1, 0.15) is 5.82 Å². The third-order valence-electron chi connectivity index (χ3n) is 7.92. The monoisotopic (exact) mass is 550 g/mol. The number of nitrogens with zero attached hydrogens (tertiary/aromatic N) is 3. The van der Waals surface area contributed by atoms with Gasteiger partial charge < -0.3 is 29.8 Å². The first-order valence-corrected chi connectivity index (χ1v) is 14.1. The lowest BCUT2D eigenvalue weighted by Crippen LogP contribution is -2.50. The van der Waals surface area contributed by atoms with Crippen molar-refractivity contribution in [2.75, 3.05) is 38.2 Å². The van der Waals surface area contributed by atoms with Crippen molar-refractivity contribution in [3.63, 3.8) is 0 Å². The standard InChI is InChI=1S/C29H35FN6O4/c1-2-29(27(37)32-14-18-5-6-18)16-39-26(40-17-29)25-35-23(19-7-9-20(30)10-8-19)24(36-25)22-11-12-31-28(34-22)33-15-21-4-3-13-38-21/h7-12,18,21,26H,2-6,13-17H2,1H3,(H,32,37)(H,35,36)(H,31,33,34). The third-order valence-corrected chi connectivity index (χ3v) is 7.92. The third kappa shape index (κ3) is 5.86. The molecular weight excluding hydrogens is 515 g/mol. The largest absolute Gasteiger partial charge is 0.376 e. The van der Waals surface area contributed by atoms with Crippen molar-refractivity contribution in [1.29, 1.82) is 0 Å². The van der Waals surface area contributed by atoms with Gasteiger partial charge in [-0.15, -0.1) is 0 Å². The van der Waals surface area contributed by atoms with Crippen LogP contribution in [0.25, 0.3) is 22.6 Å². The lowest BCUT2D eigenvalue weighted by molar-refractivity contribution is -0.235. The van der Waals surface area contributed by atoms with Gasteiger partial charge in [0, 0.05) is 31.5 Å². The van der Waals surface area contributed by atoms with Gasteiger partial charge in [-0.05, 0) is 68.4 Å². The van der Waals surface area contributed by atoms with Gasteiger partial charge in [-0.1, -0.05) is 6.92 Å². The van der Waals surface area contributed by atoms with Crippen LogP contribution in [0.5, 0.6) is 0 Å². The Balaban J connectivity index is 1.23. The fourth-order valence-corrected chi connectivity index (χ4v) is 5.06. The maximum Gasteiger partial charge on any atom is 0.230 e. The summed E-state index contributed by atoms with van der Waals surface area (Å²) in [5, 5.41) is 6.34. The van der Waals surface area contributed by atoms with E-state index >= 15 is 0 Å². The van der Waals surface area contributed by atoms with Crippen molar-refractivity contribution in [2.45, 2.75) is 51.4 Å². The first kappa shape index (κ1) is 26.8. The Bertz CT molecular complexity index is 1310. The highest BCUT2D eigenvalue weighted by molar-refractivity contribution is 5.83. The van der Waals surface area contributed by atoms with Crippen molar-refractivity contribution >= 4 is 11.9 Å². The van der Waals surface area contributed by atoms with Crippen LogP contribution in [-0.2, 0) is 19.0 Å². The molecule has 4 heterocycles. The second kappa shape index (κ2) is 11.6. The molecule has 3 aromatic rings. The molecule has 11 heteroatoms. The van der Waals surface area contributed by atoms with Crippen LogP contribution in [0.1, 0.15) is 51.1 Å². The molecule has 1 atom stereocenters. The summed E-state index contributed by atoms with van der Waals surface area (Å²) in [6.45, 7) is 4.52. The number of ether oxygens (including phenoxy) is 3. The van der Waals surface area contributed by atoms with Crippen molar-refractivity contribution < 1.29 is 23.4 Å². The van der Waals surface area contributed by atoms with E-state index in [9.17, 15) is 9.18 Å². The molecule has 1 saturated carbocycles. The van der Waals surface area contributed by atoms with E-state index in [2.05, 4.69) is 20.6 Å². The van der Waals surface area contributed by atoms with Crippen molar-refractivity contribution in [1.82, 2.24) is 25.3 Å². The van der Waals surface area contributed by atoms with Crippen LogP contribution in [0, 0.1) is 17.2 Å². The Kier molecular flexibility index (Phi) is 7.77. The number of amides is 1. The van der Waals surface area contributed by atoms with Crippen LogP contribution in [-0.4, -0.2) is 64.9 Å². The number of aromatic nitrogens is 4. The normalized spacial score (nSPS) is 24.6. The number of hydrogen-bond acceptors (Lipinski definition) is 8. The number of hydrogen-bond donors (Lipinski definition) is 3. The van der Waals surface area contributed by atoms with Crippen LogP contribution in [0.3, 0.4) is 0 Å². The summed E-state index contributed by atoms with van der Waals surface area (Å²) in [4.78, 5) is 30.2. The molecule has 2 aliphatic heterocycles. The molecule has 10 nitrogen and oxygen atoms in total. The lowest BCUT2D eigenvalue weighted by Gasteiger charge is -2.37. The van der Waals surface area contributed by atoms with E-state index in [0.29, 0.717) is 59.8 Å². The minimum absolute atomic E-state index is 0.0310. The number of H-pyrrole nitrogens is 1. The second-order valence-corrected chi connectivity index (χ2v) is 10.9. The molecule has 3 aliphatic rings. The summed E-state index contributed by atoms with van der Waals surface area (Å²) in [5.74, 6) is 1.15. The topological polar surface area (TPSA) is 123 Å². The second-order valence-electron chi connectivity index (χ2n) is 10.9. The fraction of sp³-hybridized carbons (Fsp3) is 0.517. The Morgan fingerprint density at radius 1 is 1.07 bits per heavy atom. The zero-order valence-electron chi connectivity index (χ0n) is 22.6. The zero-order valence-corrected chi connectivity index (χ0v) is 22.6. The Labute approximate surface area is 232 Å². The summed E-state index contributed by atoms with van der Waals surface area (Å²) >= 11 is 0. The highest BCUT2D eigenvalue weighted by atomic mass is 19.1. The van der Waals surface area contributed by atoms with Gasteiger partial charge >= 0.3 is 0 Å². The smallest absolute Gasteiger partial charge is 0.230 e. The molecule has 0 spiro atoms. The molecule has 0 bridgehead atoms. The number of carbonyl (C=O) groups is 1. The molecule has 1 unspecified atom stereocenters. The molecule has 212 valence electrons. The van der Waals surface area contributed by atoms with Crippen molar-refractivity contribution in [3.05, 3.63) is 48.2 Å². The van der Waals surface area contributed by atoms with Gasteiger partial charge in [0.05, 0.1) is 41.8 Å². The van der Waals surface area contributed by atoms with Crippen molar-refractivity contribution in [2.24, 2.45) is 11.3 Å². The van der Waals surface area contributed by atoms with Gasteiger partial charge in [-0.25, -0.2) is 19.3 Å². The van der Waals surface area contributed by atoms with E-state index in [4.69, 9.17) is 24.2 Å². The first-order chi connectivity index (χ1) is 19.5. The number of imidazole rings is 1. The SMILES string of the molecule is CCC1(C(=O)NCC2CC2)COC(c2nc(-c3ccc(F)cc3)c(-c3ccnc(NCC4CCCO4)n3)[nH]2)OC1. The Morgan fingerprint density at radius 3 is 2.58 bits per heavy atom. The first-order valence-electron chi connectivity index (χ1n) is 14.1. The average molecular weight is 551 g/mol. The van der Waals surface area contributed by atoms with Gasteiger partial charge in [-0.2, -0.15) is 0 Å². The molecule has 3 N–H and O–H groups in total. The van der Waals surface area contributed by atoms with Crippen molar-refractivity contribution in [3.8, 4) is 22.6 Å². The van der Waals surface area contributed by atoms with Gasteiger partial charge in [0.25, 0.3) is 0 Å². The number of rotatable bonds is 10. The van der Waals surface area contributed by atoms with E-state index in [1.807, 2.05) is 6.92 Å². The maximum absolute atomic E-state index is 13.7. The maximum atomic E-state index is 13.7. The molecule has 3 fully saturated rings. The van der Waals surface area contributed by atoms with E-state index < -0.39 is 11.7 Å². The Morgan fingerprint density at radius 2 is 1.88 bits per heavy atom. The number of carbonyl (C=O) groups excluding carboxylic acids is 1. The number of nitrogens with one attached hydrogen (secondary N) is 3. The van der Waals surface area contributed by atoms with Gasteiger partial charge in [0.2, 0.25) is 18.1 Å². The van der Waals surface area contributed by atoms with E-state index in [1.165, 1.54) is 25.0 Å². The fourth-order valence-electron chi connectivity index (χ4n) is 5.06. The molecule has 1 amide bonds. The van der Waals surface area contributed by atoms with Crippen LogP contribution >= 0.6 is 0 Å². The quantitative estimate of drug-likeness (QED) is 0.343.